The van der Waals surface area contributed by atoms with E-state index < -0.39 is 0 Å². The van der Waals surface area contributed by atoms with Gasteiger partial charge in [0.25, 0.3) is 0 Å². The van der Waals surface area contributed by atoms with E-state index in [2.05, 4.69) is 26.2 Å². The largest absolute Gasteiger partial charge is 0.334 e. The topological polar surface area (TPSA) is 57.3 Å². The van der Waals surface area contributed by atoms with Crippen molar-refractivity contribution in [2.45, 2.75) is 32.7 Å². The standard InChI is InChI=1S/C12H20N4OS2/c1-8-9(2)19-12(13-8)15-11(17)14-10-5-4-6-16(7-10)18-3/h10H,4-7H2,1-3H3,(H2,13,14,15,17)/t10-/m0/s1. The highest BCUT2D eigenvalue weighted by atomic mass is 32.2. The van der Waals surface area contributed by atoms with Crippen molar-refractivity contribution >= 4 is 34.4 Å². The number of carbonyl (C=O) groups is 1. The summed E-state index contributed by atoms with van der Waals surface area (Å²) in [6.07, 6.45) is 4.24. The molecule has 7 heteroatoms. The van der Waals surface area contributed by atoms with Gasteiger partial charge in [-0.15, -0.1) is 11.3 Å². The van der Waals surface area contributed by atoms with E-state index in [9.17, 15) is 4.79 Å². The van der Waals surface area contributed by atoms with Crippen LogP contribution in [-0.2, 0) is 0 Å². The fourth-order valence-electron chi connectivity index (χ4n) is 2.07. The van der Waals surface area contributed by atoms with Crippen LogP contribution in [0.4, 0.5) is 9.93 Å². The third-order valence-electron chi connectivity index (χ3n) is 3.23. The number of rotatable bonds is 3. The molecule has 1 aliphatic rings. The Morgan fingerprint density at radius 2 is 2.32 bits per heavy atom. The molecule has 0 unspecified atom stereocenters. The molecule has 2 heterocycles. The summed E-state index contributed by atoms with van der Waals surface area (Å²) < 4.78 is 2.28. The number of anilines is 1. The van der Waals surface area contributed by atoms with Crippen LogP contribution in [0.2, 0.25) is 0 Å². The minimum atomic E-state index is -0.151. The molecule has 106 valence electrons. The number of nitrogens with one attached hydrogen (secondary N) is 2. The van der Waals surface area contributed by atoms with Gasteiger partial charge in [0, 0.05) is 24.0 Å². The summed E-state index contributed by atoms with van der Waals surface area (Å²) in [5, 5.41) is 6.51. The smallest absolute Gasteiger partial charge is 0.321 e. The van der Waals surface area contributed by atoms with Gasteiger partial charge in [0.15, 0.2) is 5.13 Å². The first-order valence-corrected chi connectivity index (χ1v) is 8.39. The number of aromatic nitrogens is 1. The number of hydrogen-bond donors (Lipinski definition) is 2. The average molecular weight is 300 g/mol. The number of carbonyl (C=O) groups excluding carboxylic acids is 1. The van der Waals surface area contributed by atoms with Gasteiger partial charge in [-0.3, -0.25) is 5.32 Å². The number of urea groups is 1. The Kier molecular flexibility index (Phi) is 5.06. The van der Waals surface area contributed by atoms with E-state index in [1.807, 2.05) is 13.8 Å². The fraction of sp³-hybridized carbons (Fsp3) is 0.667. The van der Waals surface area contributed by atoms with E-state index in [1.54, 1.807) is 11.9 Å². The summed E-state index contributed by atoms with van der Waals surface area (Å²) in [6, 6.07) is 0.0741. The molecule has 1 atom stereocenters. The zero-order chi connectivity index (χ0) is 13.8. The highest BCUT2D eigenvalue weighted by Gasteiger charge is 2.21. The lowest BCUT2D eigenvalue weighted by molar-refractivity contribution is 0.239. The molecular weight excluding hydrogens is 280 g/mol. The fourth-order valence-corrected chi connectivity index (χ4v) is 3.52. The predicted octanol–water partition coefficient (Wildman–Crippen LogP) is 2.62. The summed E-state index contributed by atoms with van der Waals surface area (Å²) in [4.78, 5) is 17.4. The first-order valence-electron chi connectivity index (χ1n) is 6.39. The van der Waals surface area contributed by atoms with E-state index in [1.165, 1.54) is 11.3 Å². The molecule has 1 aromatic heterocycles. The molecule has 1 aromatic rings. The second-order valence-electron chi connectivity index (χ2n) is 4.67. The predicted molar refractivity (Wildman–Crippen MR) is 81.9 cm³/mol. The van der Waals surface area contributed by atoms with Gasteiger partial charge < -0.3 is 5.32 Å². The van der Waals surface area contributed by atoms with Gasteiger partial charge in [0.2, 0.25) is 0 Å². The van der Waals surface area contributed by atoms with Gasteiger partial charge in [-0.25, -0.2) is 14.1 Å². The molecule has 0 spiro atoms. The molecule has 19 heavy (non-hydrogen) atoms. The maximum absolute atomic E-state index is 11.9. The molecule has 0 bridgehead atoms. The van der Waals surface area contributed by atoms with Crippen LogP contribution in [0.15, 0.2) is 0 Å². The average Bonchev–Trinajstić information content (AvgIpc) is 2.68. The second kappa shape index (κ2) is 6.58. The van der Waals surface area contributed by atoms with E-state index >= 15 is 0 Å². The van der Waals surface area contributed by atoms with Crippen LogP contribution in [0.25, 0.3) is 0 Å². The third kappa shape index (κ3) is 4.09. The molecule has 0 saturated carbocycles. The molecular formula is C12H20N4OS2. The molecule has 0 aliphatic carbocycles. The van der Waals surface area contributed by atoms with Crippen LogP contribution in [0.3, 0.4) is 0 Å². The molecule has 0 radical (unpaired) electrons. The summed E-state index contributed by atoms with van der Waals surface area (Å²) in [5.41, 5.74) is 0.978. The van der Waals surface area contributed by atoms with Crippen LogP contribution in [0.1, 0.15) is 23.4 Å². The summed E-state index contributed by atoms with van der Waals surface area (Å²) in [6.45, 7) is 5.97. The molecule has 0 aromatic carbocycles. The normalized spacial score (nSPS) is 20.3. The summed E-state index contributed by atoms with van der Waals surface area (Å²) in [5.74, 6) is 0. The van der Waals surface area contributed by atoms with Crippen LogP contribution < -0.4 is 10.6 Å². The monoisotopic (exact) mass is 300 g/mol. The number of hydrogen-bond acceptors (Lipinski definition) is 5. The minimum absolute atomic E-state index is 0.151. The highest BCUT2D eigenvalue weighted by Crippen LogP contribution is 2.21. The van der Waals surface area contributed by atoms with Crippen molar-refractivity contribution in [2.24, 2.45) is 0 Å². The SMILES string of the molecule is CSN1CCC[C@H](NC(=O)Nc2nc(C)c(C)s2)C1. The third-order valence-corrected chi connectivity index (χ3v) is 5.06. The van der Waals surface area contributed by atoms with Gasteiger partial charge in [-0.2, -0.15) is 0 Å². The van der Waals surface area contributed by atoms with Crippen molar-refractivity contribution in [3.05, 3.63) is 10.6 Å². The minimum Gasteiger partial charge on any atom is -0.334 e. The van der Waals surface area contributed by atoms with Crippen LogP contribution in [-0.4, -0.2) is 40.7 Å². The second-order valence-corrected chi connectivity index (χ2v) is 6.75. The Labute approximate surface area is 122 Å². The summed E-state index contributed by atoms with van der Waals surface area (Å²) in [7, 11) is 0. The first-order chi connectivity index (χ1) is 9.08. The van der Waals surface area contributed by atoms with Gasteiger partial charge in [-0.05, 0) is 32.9 Å². The maximum Gasteiger partial charge on any atom is 0.321 e. The quantitative estimate of drug-likeness (QED) is 0.843. The first kappa shape index (κ1) is 14.6. The lowest BCUT2D eigenvalue weighted by Gasteiger charge is -2.31. The molecule has 2 rings (SSSR count). The zero-order valence-corrected chi connectivity index (χ0v) is 13.2. The van der Waals surface area contributed by atoms with Gasteiger partial charge in [-0.1, -0.05) is 11.9 Å². The zero-order valence-electron chi connectivity index (χ0n) is 11.5. The number of amides is 2. The Bertz CT molecular complexity index is 429. The van der Waals surface area contributed by atoms with Crippen molar-refractivity contribution in [3.8, 4) is 0 Å². The number of thiazole rings is 1. The van der Waals surface area contributed by atoms with Crippen LogP contribution in [0.5, 0.6) is 0 Å². The Balaban J connectivity index is 1.83. The molecule has 2 amide bonds. The van der Waals surface area contributed by atoms with Crippen molar-refractivity contribution < 1.29 is 4.79 Å². The molecule has 1 aliphatic heterocycles. The van der Waals surface area contributed by atoms with Gasteiger partial charge >= 0.3 is 6.03 Å². The van der Waals surface area contributed by atoms with Gasteiger partial charge in [0.05, 0.1) is 5.69 Å². The highest BCUT2D eigenvalue weighted by molar-refractivity contribution is 7.96. The van der Waals surface area contributed by atoms with E-state index in [0.29, 0.717) is 5.13 Å². The van der Waals surface area contributed by atoms with Crippen molar-refractivity contribution in [2.75, 3.05) is 24.7 Å². The van der Waals surface area contributed by atoms with Crippen molar-refractivity contribution in [1.29, 1.82) is 0 Å². The summed E-state index contributed by atoms with van der Waals surface area (Å²) >= 11 is 3.25. The molecule has 5 nitrogen and oxygen atoms in total. The Hall–Kier alpha value is -0.790. The van der Waals surface area contributed by atoms with Crippen molar-refractivity contribution in [3.63, 3.8) is 0 Å². The number of piperidine rings is 1. The number of nitrogens with zero attached hydrogens (tertiary/aromatic N) is 2. The Morgan fingerprint density at radius 1 is 1.53 bits per heavy atom. The van der Waals surface area contributed by atoms with E-state index in [-0.39, 0.29) is 12.1 Å². The van der Waals surface area contributed by atoms with Crippen LogP contribution >= 0.6 is 23.3 Å². The van der Waals surface area contributed by atoms with Gasteiger partial charge in [0.1, 0.15) is 0 Å². The van der Waals surface area contributed by atoms with Crippen molar-refractivity contribution in [1.82, 2.24) is 14.6 Å². The molecule has 1 fully saturated rings. The lowest BCUT2D eigenvalue weighted by atomic mass is 10.1. The van der Waals surface area contributed by atoms with E-state index in [4.69, 9.17) is 0 Å². The lowest BCUT2D eigenvalue weighted by Crippen LogP contribution is -2.46. The Morgan fingerprint density at radius 3 is 2.95 bits per heavy atom. The molecule has 1 saturated heterocycles. The van der Waals surface area contributed by atoms with E-state index in [0.717, 1.165) is 36.5 Å². The number of aryl methyl sites for hydroxylation is 2. The van der Waals surface area contributed by atoms with Crippen LogP contribution in [0, 0.1) is 13.8 Å². The molecule has 2 N–H and O–H groups in total. The maximum atomic E-state index is 11.9.